The molecule has 2 saturated heterocycles. The number of hydrogen-bond acceptors (Lipinski definition) is 5. The first-order valence-electron chi connectivity index (χ1n) is 10.1. The first-order chi connectivity index (χ1) is 12.7. The Morgan fingerprint density at radius 1 is 1.08 bits per heavy atom. The maximum Gasteiger partial charge on any atom is 0.154 e. The van der Waals surface area contributed by atoms with E-state index in [0.29, 0.717) is 6.04 Å². The van der Waals surface area contributed by atoms with Crippen molar-refractivity contribution in [1.29, 1.82) is 0 Å². The molecule has 2 fully saturated rings. The highest BCUT2D eigenvalue weighted by Crippen LogP contribution is 2.33. The van der Waals surface area contributed by atoms with Crippen molar-refractivity contribution in [3.8, 4) is 0 Å². The molecule has 26 heavy (non-hydrogen) atoms. The number of nitrogens with zero attached hydrogens (tertiary/aromatic N) is 5. The molecule has 6 nitrogen and oxygen atoms in total. The number of aromatic nitrogens is 3. The average Bonchev–Trinajstić information content (AvgIpc) is 3.36. The monoisotopic (exact) mass is 357 g/mol. The van der Waals surface area contributed by atoms with Crippen LogP contribution in [0.4, 0.5) is 0 Å². The Balaban J connectivity index is 1.38. The van der Waals surface area contributed by atoms with E-state index in [1.807, 2.05) is 6.92 Å². The van der Waals surface area contributed by atoms with Gasteiger partial charge < -0.3 is 9.42 Å². The summed E-state index contributed by atoms with van der Waals surface area (Å²) in [5.74, 6) is 1.01. The summed E-state index contributed by atoms with van der Waals surface area (Å²) in [5.41, 5.74) is 3.61. The first-order valence-corrected chi connectivity index (χ1v) is 10.1. The standard InChI is InChI=1S/C20H31N5O/c1-16-13-20(26-22-16)19-7-6-10-24(19)15-18-14-21-25(17(18)2)12-11-23-8-4-3-5-9-23/h13-14,19H,3-12,15H2,1-2H3. The van der Waals surface area contributed by atoms with E-state index in [2.05, 4.69) is 43.9 Å². The maximum absolute atomic E-state index is 5.54. The van der Waals surface area contributed by atoms with Gasteiger partial charge in [0.05, 0.1) is 24.5 Å². The molecule has 2 aliphatic heterocycles. The van der Waals surface area contributed by atoms with Gasteiger partial charge in [-0.1, -0.05) is 11.6 Å². The zero-order valence-corrected chi connectivity index (χ0v) is 16.2. The molecule has 0 saturated carbocycles. The van der Waals surface area contributed by atoms with E-state index in [1.165, 1.54) is 50.0 Å². The van der Waals surface area contributed by atoms with Gasteiger partial charge in [-0.05, 0) is 59.2 Å². The van der Waals surface area contributed by atoms with Gasteiger partial charge in [0.1, 0.15) is 0 Å². The van der Waals surface area contributed by atoms with Crippen LogP contribution in [0.15, 0.2) is 16.8 Å². The van der Waals surface area contributed by atoms with E-state index in [9.17, 15) is 0 Å². The first kappa shape index (κ1) is 17.7. The third-order valence-corrected chi connectivity index (χ3v) is 5.99. The molecule has 4 rings (SSSR count). The Hall–Kier alpha value is -1.66. The minimum Gasteiger partial charge on any atom is -0.359 e. The predicted molar refractivity (Wildman–Crippen MR) is 101 cm³/mol. The second-order valence-electron chi connectivity index (χ2n) is 7.88. The molecule has 2 aromatic heterocycles. The fraction of sp³-hybridized carbons (Fsp3) is 0.700. The van der Waals surface area contributed by atoms with E-state index < -0.39 is 0 Å². The number of rotatable bonds is 6. The van der Waals surface area contributed by atoms with Gasteiger partial charge in [0.25, 0.3) is 0 Å². The predicted octanol–water partition coefficient (Wildman–Crippen LogP) is 3.31. The van der Waals surface area contributed by atoms with Crippen molar-refractivity contribution in [3.05, 3.63) is 35.0 Å². The molecular formula is C20H31N5O. The normalized spacial score (nSPS) is 22.3. The minimum absolute atomic E-state index is 0.354. The van der Waals surface area contributed by atoms with Crippen LogP contribution < -0.4 is 0 Å². The highest BCUT2D eigenvalue weighted by molar-refractivity contribution is 5.18. The highest BCUT2D eigenvalue weighted by Gasteiger charge is 2.29. The van der Waals surface area contributed by atoms with Crippen LogP contribution in [0.2, 0.25) is 0 Å². The van der Waals surface area contributed by atoms with Crippen LogP contribution in [0, 0.1) is 13.8 Å². The molecule has 6 heteroatoms. The lowest BCUT2D eigenvalue weighted by molar-refractivity contribution is 0.205. The Morgan fingerprint density at radius 3 is 2.69 bits per heavy atom. The van der Waals surface area contributed by atoms with Crippen LogP contribution >= 0.6 is 0 Å². The molecule has 0 spiro atoms. The van der Waals surface area contributed by atoms with Gasteiger partial charge in [0, 0.05) is 30.4 Å². The third kappa shape index (κ3) is 3.86. The Morgan fingerprint density at radius 2 is 1.92 bits per heavy atom. The lowest BCUT2D eigenvalue weighted by Crippen LogP contribution is -2.33. The van der Waals surface area contributed by atoms with Crippen molar-refractivity contribution >= 4 is 0 Å². The van der Waals surface area contributed by atoms with Crippen molar-refractivity contribution in [2.75, 3.05) is 26.2 Å². The van der Waals surface area contributed by atoms with Gasteiger partial charge in [0.2, 0.25) is 0 Å². The van der Waals surface area contributed by atoms with Crippen molar-refractivity contribution in [2.24, 2.45) is 0 Å². The van der Waals surface area contributed by atoms with Crippen LogP contribution in [-0.2, 0) is 13.1 Å². The van der Waals surface area contributed by atoms with Crippen molar-refractivity contribution in [3.63, 3.8) is 0 Å². The number of piperidine rings is 1. The molecule has 0 N–H and O–H groups in total. The van der Waals surface area contributed by atoms with E-state index in [4.69, 9.17) is 4.52 Å². The molecule has 4 heterocycles. The Bertz CT molecular complexity index is 716. The number of likely N-dealkylation sites (tertiary alicyclic amines) is 2. The summed E-state index contributed by atoms with van der Waals surface area (Å²) in [6.45, 7) is 10.9. The van der Waals surface area contributed by atoms with E-state index in [0.717, 1.165) is 44.1 Å². The summed E-state index contributed by atoms with van der Waals surface area (Å²) in [5, 5.41) is 8.74. The zero-order chi connectivity index (χ0) is 17.9. The molecule has 2 aromatic rings. The molecule has 1 unspecified atom stereocenters. The lowest BCUT2D eigenvalue weighted by atomic mass is 10.1. The molecule has 0 aromatic carbocycles. The number of aryl methyl sites for hydroxylation is 1. The van der Waals surface area contributed by atoms with Crippen LogP contribution in [0.3, 0.4) is 0 Å². The summed E-state index contributed by atoms with van der Waals surface area (Å²) in [7, 11) is 0. The van der Waals surface area contributed by atoms with E-state index in [-0.39, 0.29) is 0 Å². The molecule has 0 aliphatic carbocycles. The van der Waals surface area contributed by atoms with Gasteiger partial charge >= 0.3 is 0 Å². The van der Waals surface area contributed by atoms with Crippen molar-refractivity contribution in [1.82, 2.24) is 24.7 Å². The van der Waals surface area contributed by atoms with E-state index >= 15 is 0 Å². The van der Waals surface area contributed by atoms with Crippen molar-refractivity contribution in [2.45, 2.75) is 65.1 Å². The molecule has 142 valence electrons. The largest absolute Gasteiger partial charge is 0.359 e. The Kier molecular flexibility index (Phi) is 5.41. The third-order valence-electron chi connectivity index (χ3n) is 5.99. The van der Waals surface area contributed by atoms with Crippen LogP contribution in [0.1, 0.15) is 60.9 Å². The van der Waals surface area contributed by atoms with Crippen molar-refractivity contribution < 1.29 is 4.52 Å². The molecule has 1 atom stereocenters. The molecule has 0 amide bonds. The van der Waals surface area contributed by atoms with Gasteiger partial charge in [-0.15, -0.1) is 0 Å². The summed E-state index contributed by atoms with van der Waals surface area (Å²) < 4.78 is 7.73. The molecule has 0 bridgehead atoms. The van der Waals surface area contributed by atoms with Crippen LogP contribution in [0.25, 0.3) is 0 Å². The lowest BCUT2D eigenvalue weighted by Gasteiger charge is -2.26. The summed E-state index contributed by atoms with van der Waals surface area (Å²) >= 11 is 0. The zero-order valence-electron chi connectivity index (χ0n) is 16.2. The summed E-state index contributed by atoms with van der Waals surface area (Å²) in [4.78, 5) is 5.09. The summed E-state index contributed by atoms with van der Waals surface area (Å²) in [6.07, 6.45) is 8.51. The second-order valence-corrected chi connectivity index (χ2v) is 7.88. The fourth-order valence-corrected chi connectivity index (χ4v) is 4.38. The topological polar surface area (TPSA) is 50.3 Å². The SMILES string of the molecule is Cc1cc(C2CCCN2Cc2cnn(CCN3CCCCC3)c2C)on1. The quantitative estimate of drug-likeness (QED) is 0.794. The smallest absolute Gasteiger partial charge is 0.154 e. The van der Waals surface area contributed by atoms with Gasteiger partial charge in [-0.25, -0.2) is 0 Å². The fourth-order valence-electron chi connectivity index (χ4n) is 4.38. The maximum atomic E-state index is 5.54. The van der Waals surface area contributed by atoms with E-state index in [1.54, 1.807) is 0 Å². The van der Waals surface area contributed by atoms with Crippen LogP contribution in [0.5, 0.6) is 0 Å². The highest BCUT2D eigenvalue weighted by atomic mass is 16.5. The molecule has 2 aliphatic rings. The molecular weight excluding hydrogens is 326 g/mol. The van der Waals surface area contributed by atoms with Gasteiger partial charge in [-0.2, -0.15) is 5.10 Å². The van der Waals surface area contributed by atoms with Crippen LogP contribution in [-0.4, -0.2) is 50.9 Å². The number of hydrogen-bond donors (Lipinski definition) is 0. The molecule has 0 radical (unpaired) electrons. The minimum atomic E-state index is 0.354. The van der Waals surface area contributed by atoms with Gasteiger partial charge in [0.15, 0.2) is 5.76 Å². The van der Waals surface area contributed by atoms with Gasteiger partial charge in [-0.3, -0.25) is 9.58 Å². The average molecular weight is 358 g/mol. The second kappa shape index (κ2) is 7.92. The summed E-state index contributed by atoms with van der Waals surface area (Å²) in [6, 6.07) is 2.44. The Labute approximate surface area is 156 Å².